The Bertz CT molecular complexity index is 490. The second-order valence-electron chi connectivity index (χ2n) is 4.22. The van der Waals surface area contributed by atoms with Gasteiger partial charge in [0.2, 0.25) is 0 Å². The van der Waals surface area contributed by atoms with Crippen molar-refractivity contribution in [3.63, 3.8) is 0 Å². The van der Waals surface area contributed by atoms with Gasteiger partial charge in [-0.05, 0) is 31.0 Å². The number of aliphatic hydroxyl groups is 1. The maximum absolute atomic E-state index is 10.2. The zero-order chi connectivity index (χ0) is 12.3. The van der Waals surface area contributed by atoms with E-state index in [1.165, 1.54) is 11.1 Å². The van der Waals surface area contributed by atoms with E-state index in [2.05, 4.69) is 24.2 Å². The summed E-state index contributed by atoms with van der Waals surface area (Å²) in [6, 6.07) is 10.0. The third kappa shape index (κ3) is 2.56. The Morgan fingerprint density at radius 1 is 1.29 bits per heavy atom. The minimum absolute atomic E-state index is 0.487. The minimum atomic E-state index is -0.487. The molecule has 1 aromatic carbocycles. The lowest BCUT2D eigenvalue weighted by Crippen LogP contribution is -2.10. The summed E-state index contributed by atoms with van der Waals surface area (Å²) >= 11 is 0. The molecule has 0 aliphatic rings. The lowest BCUT2D eigenvalue weighted by Gasteiger charge is -2.13. The fraction of sp³-hybridized carbons (Fsp3) is 0.357. The summed E-state index contributed by atoms with van der Waals surface area (Å²) in [6.07, 6.45) is 1.89. The summed E-state index contributed by atoms with van der Waals surface area (Å²) in [5, 5.41) is 14.4. The SMILES string of the molecule is CCn1nccc1C(O)Cc1ccccc1C. The van der Waals surface area contributed by atoms with Gasteiger partial charge in [-0.1, -0.05) is 24.3 Å². The van der Waals surface area contributed by atoms with E-state index in [0.717, 1.165) is 12.2 Å². The van der Waals surface area contributed by atoms with Crippen LogP contribution in [0.3, 0.4) is 0 Å². The van der Waals surface area contributed by atoms with Crippen molar-refractivity contribution < 1.29 is 5.11 Å². The monoisotopic (exact) mass is 230 g/mol. The molecule has 3 heteroatoms. The van der Waals surface area contributed by atoms with E-state index in [4.69, 9.17) is 0 Å². The van der Waals surface area contributed by atoms with Gasteiger partial charge in [-0.3, -0.25) is 4.68 Å². The molecule has 0 radical (unpaired) electrons. The lowest BCUT2D eigenvalue weighted by molar-refractivity contribution is 0.167. The smallest absolute Gasteiger partial charge is 0.0996 e. The van der Waals surface area contributed by atoms with Crippen molar-refractivity contribution in [1.29, 1.82) is 0 Å². The second-order valence-corrected chi connectivity index (χ2v) is 4.22. The van der Waals surface area contributed by atoms with E-state index in [-0.39, 0.29) is 0 Å². The van der Waals surface area contributed by atoms with Gasteiger partial charge in [0.05, 0.1) is 11.8 Å². The van der Waals surface area contributed by atoms with Crippen LogP contribution in [0.4, 0.5) is 0 Å². The maximum atomic E-state index is 10.2. The molecule has 0 aliphatic heterocycles. The molecule has 2 aromatic rings. The molecule has 1 aromatic heterocycles. The van der Waals surface area contributed by atoms with Gasteiger partial charge >= 0.3 is 0 Å². The van der Waals surface area contributed by atoms with E-state index >= 15 is 0 Å². The first kappa shape index (κ1) is 11.9. The summed E-state index contributed by atoms with van der Waals surface area (Å²) < 4.78 is 1.84. The van der Waals surface area contributed by atoms with Gasteiger partial charge < -0.3 is 5.11 Å². The van der Waals surface area contributed by atoms with Crippen molar-refractivity contribution in [2.24, 2.45) is 0 Å². The first-order chi connectivity index (χ1) is 8.22. The molecule has 0 fully saturated rings. The van der Waals surface area contributed by atoms with Gasteiger partial charge in [-0.25, -0.2) is 0 Å². The second kappa shape index (κ2) is 5.15. The van der Waals surface area contributed by atoms with Crippen molar-refractivity contribution in [2.75, 3.05) is 0 Å². The predicted octanol–water partition coefficient (Wildman–Crippen LogP) is 2.49. The van der Waals surface area contributed by atoms with E-state index in [9.17, 15) is 5.11 Å². The molecule has 0 bridgehead atoms. The van der Waals surface area contributed by atoms with E-state index in [0.29, 0.717) is 6.42 Å². The average Bonchev–Trinajstić information content (AvgIpc) is 2.80. The summed E-state index contributed by atoms with van der Waals surface area (Å²) in [7, 11) is 0. The topological polar surface area (TPSA) is 38.0 Å². The molecule has 2 rings (SSSR count). The number of aromatic nitrogens is 2. The standard InChI is InChI=1S/C14H18N2O/c1-3-16-13(8-9-15-16)14(17)10-12-7-5-4-6-11(12)2/h4-9,14,17H,3,10H2,1-2H3. The summed E-state index contributed by atoms with van der Waals surface area (Å²) in [5.41, 5.74) is 3.29. The molecule has 90 valence electrons. The van der Waals surface area contributed by atoms with Crippen LogP contribution in [0.25, 0.3) is 0 Å². The molecule has 1 unspecified atom stereocenters. The Kier molecular flexibility index (Phi) is 3.59. The quantitative estimate of drug-likeness (QED) is 0.876. The summed E-state index contributed by atoms with van der Waals surface area (Å²) in [5.74, 6) is 0. The zero-order valence-electron chi connectivity index (χ0n) is 10.3. The third-order valence-electron chi connectivity index (χ3n) is 3.06. The van der Waals surface area contributed by atoms with Crippen LogP contribution < -0.4 is 0 Å². The van der Waals surface area contributed by atoms with Crippen molar-refractivity contribution in [1.82, 2.24) is 9.78 Å². The van der Waals surface area contributed by atoms with Crippen molar-refractivity contribution >= 4 is 0 Å². The van der Waals surface area contributed by atoms with Crippen LogP contribution in [-0.4, -0.2) is 14.9 Å². The minimum Gasteiger partial charge on any atom is -0.386 e. The Balaban J connectivity index is 2.17. The number of hydrogen-bond donors (Lipinski definition) is 1. The number of aliphatic hydroxyl groups excluding tert-OH is 1. The first-order valence-electron chi connectivity index (χ1n) is 5.96. The zero-order valence-corrected chi connectivity index (χ0v) is 10.3. The maximum Gasteiger partial charge on any atom is 0.0996 e. The van der Waals surface area contributed by atoms with Gasteiger partial charge in [0, 0.05) is 19.2 Å². The van der Waals surface area contributed by atoms with Crippen molar-refractivity contribution in [3.05, 3.63) is 53.3 Å². The van der Waals surface area contributed by atoms with Gasteiger partial charge in [-0.2, -0.15) is 5.10 Å². The van der Waals surface area contributed by atoms with Crippen LogP contribution in [0, 0.1) is 6.92 Å². The van der Waals surface area contributed by atoms with Crippen molar-refractivity contribution in [2.45, 2.75) is 32.9 Å². The van der Waals surface area contributed by atoms with Crippen LogP contribution in [0.2, 0.25) is 0 Å². The molecule has 0 saturated carbocycles. The van der Waals surface area contributed by atoms with E-state index in [1.54, 1.807) is 6.20 Å². The molecule has 3 nitrogen and oxygen atoms in total. The lowest BCUT2D eigenvalue weighted by atomic mass is 10.0. The Morgan fingerprint density at radius 2 is 2.06 bits per heavy atom. The molecular formula is C14H18N2O. The molecule has 1 atom stereocenters. The highest BCUT2D eigenvalue weighted by Crippen LogP contribution is 2.19. The number of aryl methyl sites for hydroxylation is 2. The van der Waals surface area contributed by atoms with Crippen LogP contribution in [-0.2, 0) is 13.0 Å². The molecular weight excluding hydrogens is 212 g/mol. The highest BCUT2D eigenvalue weighted by Gasteiger charge is 2.13. The van der Waals surface area contributed by atoms with Gasteiger partial charge in [-0.15, -0.1) is 0 Å². The normalized spacial score (nSPS) is 12.6. The van der Waals surface area contributed by atoms with E-state index < -0.39 is 6.10 Å². The fourth-order valence-electron chi connectivity index (χ4n) is 2.04. The molecule has 0 spiro atoms. The molecule has 1 N–H and O–H groups in total. The highest BCUT2D eigenvalue weighted by atomic mass is 16.3. The van der Waals surface area contributed by atoms with Crippen molar-refractivity contribution in [3.8, 4) is 0 Å². The largest absolute Gasteiger partial charge is 0.386 e. The summed E-state index contributed by atoms with van der Waals surface area (Å²) in [4.78, 5) is 0. The molecule has 17 heavy (non-hydrogen) atoms. The first-order valence-corrected chi connectivity index (χ1v) is 5.96. The van der Waals surface area contributed by atoms with Crippen LogP contribution in [0.5, 0.6) is 0 Å². The van der Waals surface area contributed by atoms with Crippen LogP contribution in [0.15, 0.2) is 36.5 Å². The fourth-order valence-corrected chi connectivity index (χ4v) is 2.04. The average molecular weight is 230 g/mol. The van der Waals surface area contributed by atoms with Gasteiger partial charge in [0.15, 0.2) is 0 Å². The Morgan fingerprint density at radius 3 is 2.76 bits per heavy atom. The molecule has 0 saturated heterocycles. The molecule has 0 aliphatic carbocycles. The number of nitrogens with zero attached hydrogens (tertiary/aromatic N) is 2. The number of hydrogen-bond acceptors (Lipinski definition) is 2. The Hall–Kier alpha value is -1.61. The Labute approximate surface area is 102 Å². The third-order valence-corrected chi connectivity index (χ3v) is 3.06. The predicted molar refractivity (Wildman–Crippen MR) is 67.7 cm³/mol. The summed E-state index contributed by atoms with van der Waals surface area (Å²) in [6.45, 7) is 4.88. The van der Waals surface area contributed by atoms with Gasteiger partial charge in [0.1, 0.15) is 0 Å². The number of rotatable bonds is 4. The molecule has 0 amide bonds. The van der Waals surface area contributed by atoms with E-state index in [1.807, 2.05) is 29.8 Å². The highest BCUT2D eigenvalue weighted by molar-refractivity contribution is 5.27. The number of benzene rings is 1. The van der Waals surface area contributed by atoms with Gasteiger partial charge in [0.25, 0.3) is 0 Å². The molecule has 1 heterocycles. The van der Waals surface area contributed by atoms with Crippen LogP contribution >= 0.6 is 0 Å². The van der Waals surface area contributed by atoms with Crippen LogP contribution in [0.1, 0.15) is 29.8 Å².